The third-order valence-electron chi connectivity index (χ3n) is 16.7. The Kier molecular flexibility index (Phi) is 27.1. The number of nitrogens with zero attached hydrogens (tertiary/aromatic N) is 6. The van der Waals surface area contributed by atoms with Gasteiger partial charge in [-0.1, -0.05) is 136 Å². The van der Waals surface area contributed by atoms with Crippen molar-refractivity contribution in [2.75, 3.05) is 19.6 Å². The highest BCUT2D eigenvalue weighted by molar-refractivity contribution is 6.00. The number of rotatable bonds is 17. The minimum atomic E-state index is -1.44. The van der Waals surface area contributed by atoms with Gasteiger partial charge in [0.15, 0.2) is 0 Å². The summed E-state index contributed by atoms with van der Waals surface area (Å²) in [6.45, 7) is 16.4. The van der Waals surface area contributed by atoms with Gasteiger partial charge < -0.3 is 36.8 Å². The topological polar surface area (TPSA) is 368 Å². The maximum atomic E-state index is 15.2. The maximum Gasteiger partial charge on any atom is 0.260 e. The summed E-state index contributed by atoms with van der Waals surface area (Å²) in [7, 11) is 0. The molecule has 14 N–H and O–H groups in total. The molecule has 2 aromatic carbocycles. The molecule has 3 fully saturated rings. The van der Waals surface area contributed by atoms with Crippen molar-refractivity contribution < 1.29 is 47.9 Å². The number of hydrazine groups is 4. The smallest absolute Gasteiger partial charge is 0.260 e. The molecule has 25 heteroatoms. The van der Waals surface area contributed by atoms with Crippen molar-refractivity contribution >= 4 is 59.1 Å². The van der Waals surface area contributed by atoms with E-state index >= 15 is 14.4 Å². The van der Waals surface area contributed by atoms with Gasteiger partial charge in [-0.05, 0) is 106 Å². The van der Waals surface area contributed by atoms with E-state index < -0.39 is 131 Å². The molecular weight excluding hydrogens is 1110 g/mol. The number of unbranched alkanes of at least 4 members (excludes halogenated alkanes) is 1. The van der Waals surface area contributed by atoms with Crippen molar-refractivity contribution in [2.24, 2.45) is 52.8 Å². The molecule has 25 nitrogen and oxygen atoms in total. The molecule has 10 atom stereocenters. The van der Waals surface area contributed by atoms with Crippen LogP contribution in [0.1, 0.15) is 150 Å². The van der Waals surface area contributed by atoms with Gasteiger partial charge in [0.2, 0.25) is 35.4 Å². The SMILES string of the molecule is CCCC[C@H]1C(=O)N[C@@H](CCC(C)C)C(=O)N(N)[C@H](Cc2ccccc2)C(=O)N2CCC[C@H]2C(=O)N[C@@H](C(C)C)C(=O)N(N)[C@@H](CCCN)C(=O)N[C@@H](CC(C)C)C(=O)N(N)[C@H](Cc2ccccc2)C(=O)N2CCC[C@H]2C(=O)N[C@@H](C(C)C)C(=O)N1N. The van der Waals surface area contributed by atoms with Crippen LogP contribution < -0.4 is 50.4 Å². The second-order valence-electron chi connectivity index (χ2n) is 25.1. The standard InChI is InChI=1S/C62H99N15O10/c1-10-11-25-47-55(80)68-43(30-29-37(2)3)57(82)76(66)49(35-41-21-14-12-15-22-41)59(84)72-32-19-27-45(72)53(78)71-52(40(8)9)62(87)75(65)48(26-18-31-63)56(81)69-44(34-38(4)5)58(83)77(67)50(36-42-23-16-13-17-24-42)60(85)73-33-20-28-46(73)54(79)70-51(39(6)7)61(86)74(47)64/h12-17,21-24,37-40,43-52H,10-11,18-20,25-36,63-67H2,1-9H3,(H,68,80)(H,69,81)(H,70,79)(H,71,78)/t43-,44-,45-,46-,47-,48-,49+,50+,51-,52-/m0/s1. The lowest BCUT2D eigenvalue weighted by Crippen LogP contribution is -2.65. The van der Waals surface area contributed by atoms with Crippen LogP contribution in [-0.4, -0.2) is 169 Å². The van der Waals surface area contributed by atoms with E-state index in [9.17, 15) is 33.6 Å². The fourth-order valence-corrected chi connectivity index (χ4v) is 11.6. The Morgan fingerprint density at radius 1 is 0.460 bits per heavy atom. The number of hydrogen-bond acceptors (Lipinski definition) is 15. The summed E-state index contributed by atoms with van der Waals surface area (Å²) < 4.78 is 0. The van der Waals surface area contributed by atoms with Crippen LogP contribution in [0.3, 0.4) is 0 Å². The molecule has 10 amide bonds. The zero-order valence-corrected chi connectivity index (χ0v) is 52.5. The second kappa shape index (κ2) is 33.3. The molecule has 0 radical (unpaired) electrons. The van der Waals surface area contributed by atoms with Crippen LogP contribution >= 0.6 is 0 Å². The van der Waals surface area contributed by atoms with E-state index in [0.29, 0.717) is 43.2 Å². The van der Waals surface area contributed by atoms with E-state index in [1.165, 1.54) is 9.80 Å². The fourth-order valence-electron chi connectivity index (χ4n) is 11.6. The molecule has 5 rings (SSSR count). The van der Waals surface area contributed by atoms with Crippen LogP contribution in [0.15, 0.2) is 60.7 Å². The van der Waals surface area contributed by atoms with Crippen molar-refractivity contribution in [3.63, 3.8) is 0 Å². The van der Waals surface area contributed by atoms with Crippen molar-refractivity contribution in [3.05, 3.63) is 71.8 Å². The van der Waals surface area contributed by atoms with Gasteiger partial charge in [0.25, 0.3) is 23.6 Å². The normalized spacial score (nSPS) is 26.2. The first kappa shape index (κ1) is 70.7. The fraction of sp³-hybridized carbons (Fsp3) is 0.645. The summed E-state index contributed by atoms with van der Waals surface area (Å²) in [6.07, 6.45) is 2.58. The van der Waals surface area contributed by atoms with Gasteiger partial charge in [-0.25, -0.2) is 23.4 Å². The van der Waals surface area contributed by atoms with E-state index in [4.69, 9.17) is 29.1 Å². The predicted molar refractivity (Wildman–Crippen MR) is 328 cm³/mol. The van der Waals surface area contributed by atoms with Crippen molar-refractivity contribution in [1.82, 2.24) is 51.1 Å². The van der Waals surface area contributed by atoms with E-state index in [1.54, 1.807) is 88.4 Å². The Balaban J connectivity index is 1.66. The molecule has 3 aliphatic rings. The first-order chi connectivity index (χ1) is 41.2. The van der Waals surface area contributed by atoms with Gasteiger partial charge >= 0.3 is 0 Å². The maximum absolute atomic E-state index is 15.2. The minimum absolute atomic E-state index is 0.0212. The van der Waals surface area contributed by atoms with Crippen LogP contribution in [0.5, 0.6) is 0 Å². The van der Waals surface area contributed by atoms with Crippen LogP contribution in [0, 0.1) is 23.7 Å². The number of carbonyl (C=O) groups is 10. The summed E-state index contributed by atoms with van der Waals surface area (Å²) in [6, 6.07) is 4.27. The van der Waals surface area contributed by atoms with Gasteiger partial charge in [0, 0.05) is 25.9 Å². The molecule has 0 saturated carbocycles. The molecule has 482 valence electrons. The molecule has 0 bridgehead atoms. The molecule has 3 heterocycles. The third-order valence-corrected chi connectivity index (χ3v) is 16.7. The average molecular weight is 1210 g/mol. The molecule has 0 aromatic heterocycles. The number of carbonyl (C=O) groups excluding carboxylic acids is 10. The van der Waals surface area contributed by atoms with Gasteiger partial charge in [-0.15, -0.1) is 0 Å². The van der Waals surface area contributed by atoms with Crippen molar-refractivity contribution in [1.29, 1.82) is 0 Å². The van der Waals surface area contributed by atoms with Gasteiger partial charge in [0.05, 0.1) is 0 Å². The average Bonchev–Trinajstić information content (AvgIpc) is 2.05. The van der Waals surface area contributed by atoms with Crippen molar-refractivity contribution in [3.8, 4) is 0 Å². The summed E-state index contributed by atoms with van der Waals surface area (Å²) in [5.41, 5.74) is 7.21. The van der Waals surface area contributed by atoms with Crippen LogP contribution in [0.2, 0.25) is 0 Å². The first-order valence-electron chi connectivity index (χ1n) is 31.2. The molecule has 3 aliphatic heterocycles. The zero-order chi connectivity index (χ0) is 64.4. The highest BCUT2D eigenvalue weighted by Gasteiger charge is 2.47. The molecule has 0 spiro atoms. The largest absolute Gasteiger partial charge is 0.342 e. The molecule has 87 heavy (non-hydrogen) atoms. The van der Waals surface area contributed by atoms with Crippen LogP contribution in [0.4, 0.5) is 0 Å². The highest BCUT2D eigenvalue weighted by atomic mass is 16.2. The monoisotopic (exact) mass is 1210 g/mol. The van der Waals surface area contributed by atoms with Crippen LogP contribution in [0.25, 0.3) is 0 Å². The van der Waals surface area contributed by atoms with Crippen LogP contribution in [-0.2, 0) is 60.8 Å². The highest BCUT2D eigenvalue weighted by Crippen LogP contribution is 2.26. The van der Waals surface area contributed by atoms with E-state index in [-0.39, 0.29) is 89.3 Å². The number of nitrogens with one attached hydrogen (secondary N) is 4. The number of hydrogen-bond donors (Lipinski definition) is 9. The van der Waals surface area contributed by atoms with E-state index in [1.807, 2.05) is 34.6 Å². The van der Waals surface area contributed by atoms with Gasteiger partial charge in [-0.3, -0.25) is 68.0 Å². The predicted octanol–water partition coefficient (Wildman–Crippen LogP) is 1.41. The number of amides is 10. The van der Waals surface area contributed by atoms with Gasteiger partial charge in [-0.2, -0.15) is 0 Å². The zero-order valence-electron chi connectivity index (χ0n) is 52.5. The summed E-state index contributed by atoms with van der Waals surface area (Å²) in [5.74, 6) is 17.9. The third kappa shape index (κ3) is 18.7. The van der Waals surface area contributed by atoms with Gasteiger partial charge in [0.1, 0.15) is 60.4 Å². The lowest BCUT2D eigenvalue weighted by molar-refractivity contribution is -0.152. The summed E-state index contributed by atoms with van der Waals surface area (Å²) >= 11 is 0. The molecule has 0 aliphatic carbocycles. The Bertz CT molecular complexity index is 2660. The number of benzene rings is 2. The number of fused-ring (bicyclic) bond motifs is 2. The summed E-state index contributed by atoms with van der Waals surface area (Å²) in [4.78, 5) is 151. The summed E-state index contributed by atoms with van der Waals surface area (Å²) in [5, 5.41) is 14.4. The van der Waals surface area contributed by atoms with Crippen molar-refractivity contribution in [2.45, 2.75) is 213 Å². The molecule has 2 aromatic rings. The molecule has 0 unspecified atom stereocenters. The van der Waals surface area contributed by atoms with E-state index in [0.717, 1.165) is 20.0 Å². The Labute approximate surface area is 513 Å². The lowest BCUT2D eigenvalue weighted by Gasteiger charge is -2.37. The van der Waals surface area contributed by atoms with E-state index in [2.05, 4.69) is 21.3 Å². The Hall–Kier alpha value is -7.06. The second-order valence-corrected chi connectivity index (χ2v) is 25.1. The minimum Gasteiger partial charge on any atom is -0.342 e. The first-order valence-corrected chi connectivity index (χ1v) is 31.2. The number of nitrogens with two attached hydrogens (primary N) is 5. The molecule has 3 saturated heterocycles. The lowest BCUT2D eigenvalue weighted by atomic mass is 9.98. The Morgan fingerprint density at radius 2 is 0.851 bits per heavy atom. The molecular formula is C62H99N15O10. The Morgan fingerprint density at radius 3 is 1.23 bits per heavy atom. The quantitative estimate of drug-likeness (QED) is 0.0799.